The van der Waals surface area contributed by atoms with Crippen molar-refractivity contribution < 1.29 is 32.3 Å². The SMILES string of the molecule is O=C(CN1C(=O)S/C(=C\c2ccccc2OCc2ccc3ccccc3c2)C1=O)Nc1ccc(F)c(F)c1F. The van der Waals surface area contributed by atoms with Crippen molar-refractivity contribution in [3.05, 3.63) is 112 Å². The Morgan fingerprint density at radius 3 is 2.46 bits per heavy atom. The summed E-state index contributed by atoms with van der Waals surface area (Å²) in [6.45, 7) is -0.460. The maximum Gasteiger partial charge on any atom is 0.294 e. The molecule has 39 heavy (non-hydrogen) atoms. The van der Waals surface area contributed by atoms with Crippen molar-refractivity contribution in [2.45, 2.75) is 6.61 Å². The standard InChI is InChI=1S/C29H19F3N2O4S/c30-21-11-12-22(27(32)26(21)31)33-25(35)15-34-28(36)24(39-29(34)37)14-20-7-3-4-8-23(20)38-16-17-9-10-18-5-1-2-6-19(18)13-17/h1-14H,15-16H2,(H,33,35)/b24-14-. The minimum absolute atomic E-state index is 0.0635. The molecule has 1 aliphatic heterocycles. The van der Waals surface area contributed by atoms with Gasteiger partial charge >= 0.3 is 0 Å². The Labute approximate surface area is 225 Å². The van der Waals surface area contributed by atoms with Crippen molar-refractivity contribution in [3.8, 4) is 5.75 Å². The first-order chi connectivity index (χ1) is 18.8. The number of amides is 3. The monoisotopic (exact) mass is 548 g/mol. The summed E-state index contributed by atoms with van der Waals surface area (Å²) >= 11 is 0.636. The molecule has 5 rings (SSSR count). The maximum absolute atomic E-state index is 13.9. The molecule has 1 heterocycles. The lowest BCUT2D eigenvalue weighted by Crippen LogP contribution is -2.36. The van der Waals surface area contributed by atoms with Crippen molar-refractivity contribution >= 4 is 51.4 Å². The number of nitrogens with zero attached hydrogens (tertiary/aromatic N) is 1. The molecule has 3 amide bonds. The number of rotatable bonds is 7. The Balaban J connectivity index is 1.28. The zero-order chi connectivity index (χ0) is 27.5. The fourth-order valence-electron chi connectivity index (χ4n) is 3.95. The van der Waals surface area contributed by atoms with Crippen LogP contribution in [0.2, 0.25) is 0 Å². The number of nitrogens with one attached hydrogen (secondary N) is 1. The van der Waals surface area contributed by atoms with Crippen LogP contribution in [0.25, 0.3) is 16.8 Å². The number of thioether (sulfide) groups is 1. The third kappa shape index (κ3) is 5.65. The van der Waals surface area contributed by atoms with Gasteiger partial charge < -0.3 is 10.1 Å². The van der Waals surface area contributed by atoms with E-state index in [9.17, 15) is 27.6 Å². The minimum atomic E-state index is -1.75. The molecule has 0 aromatic heterocycles. The lowest BCUT2D eigenvalue weighted by Gasteiger charge is -2.13. The van der Waals surface area contributed by atoms with E-state index >= 15 is 0 Å². The first-order valence-corrected chi connectivity index (χ1v) is 12.5. The molecule has 0 saturated carbocycles. The van der Waals surface area contributed by atoms with Gasteiger partial charge in [0.2, 0.25) is 5.91 Å². The quantitative estimate of drug-likeness (QED) is 0.211. The number of carbonyl (C=O) groups is 3. The van der Waals surface area contributed by atoms with Crippen LogP contribution in [-0.4, -0.2) is 28.5 Å². The average Bonchev–Trinajstić information content (AvgIpc) is 3.20. The molecule has 0 unspecified atom stereocenters. The normalized spacial score (nSPS) is 14.3. The molecule has 0 atom stereocenters. The molecule has 4 aromatic carbocycles. The second-order valence-electron chi connectivity index (χ2n) is 8.55. The van der Waals surface area contributed by atoms with E-state index in [4.69, 9.17) is 4.74 Å². The Morgan fingerprint density at radius 2 is 1.64 bits per heavy atom. The topological polar surface area (TPSA) is 75.7 Å². The summed E-state index contributed by atoms with van der Waals surface area (Å²) in [6, 6.07) is 22.4. The van der Waals surface area contributed by atoms with Crippen LogP contribution in [0.1, 0.15) is 11.1 Å². The van der Waals surface area contributed by atoms with Gasteiger partial charge in [-0.05, 0) is 58.4 Å². The highest BCUT2D eigenvalue weighted by atomic mass is 32.2. The van der Waals surface area contributed by atoms with Gasteiger partial charge in [0.15, 0.2) is 17.5 Å². The summed E-state index contributed by atoms with van der Waals surface area (Å²) in [7, 11) is 0. The molecular weight excluding hydrogens is 529 g/mol. The fourth-order valence-corrected chi connectivity index (χ4v) is 4.78. The average molecular weight is 549 g/mol. The van der Waals surface area contributed by atoms with Crippen molar-refractivity contribution in [2.75, 3.05) is 11.9 Å². The van der Waals surface area contributed by atoms with E-state index in [1.165, 1.54) is 6.08 Å². The predicted octanol–water partition coefficient (Wildman–Crippen LogP) is 6.51. The Kier molecular flexibility index (Phi) is 7.38. The molecule has 0 aliphatic carbocycles. The molecule has 10 heteroatoms. The fraction of sp³-hybridized carbons (Fsp3) is 0.0690. The Bertz CT molecular complexity index is 1660. The number of anilines is 1. The molecule has 6 nitrogen and oxygen atoms in total. The second kappa shape index (κ2) is 11.0. The van der Waals surface area contributed by atoms with Gasteiger partial charge in [0.25, 0.3) is 11.1 Å². The molecule has 1 aliphatic rings. The number of halogens is 3. The molecule has 0 bridgehead atoms. The summed E-state index contributed by atoms with van der Waals surface area (Å²) in [5.41, 5.74) is 0.892. The van der Waals surface area contributed by atoms with Crippen LogP contribution in [0.4, 0.5) is 23.7 Å². The number of ether oxygens (including phenoxy) is 1. The summed E-state index contributed by atoms with van der Waals surface area (Å²) in [5.74, 6) is -5.94. The molecule has 0 radical (unpaired) electrons. The van der Waals surface area contributed by atoms with Crippen molar-refractivity contribution in [3.63, 3.8) is 0 Å². The van der Waals surface area contributed by atoms with E-state index in [1.807, 2.05) is 47.8 Å². The number of imide groups is 1. The molecule has 0 spiro atoms. The highest BCUT2D eigenvalue weighted by molar-refractivity contribution is 8.18. The zero-order valence-electron chi connectivity index (χ0n) is 20.1. The van der Waals surface area contributed by atoms with Gasteiger partial charge in [-0.15, -0.1) is 0 Å². The number of benzene rings is 4. The van der Waals surface area contributed by atoms with Crippen LogP contribution in [0.3, 0.4) is 0 Å². The molecule has 4 aromatic rings. The molecule has 1 saturated heterocycles. The first kappa shape index (κ1) is 26.1. The number of carbonyl (C=O) groups excluding carboxylic acids is 3. The number of hydrogen-bond donors (Lipinski definition) is 1. The predicted molar refractivity (Wildman–Crippen MR) is 142 cm³/mol. The van der Waals surface area contributed by atoms with Gasteiger partial charge in [-0.25, -0.2) is 13.2 Å². The lowest BCUT2D eigenvalue weighted by atomic mass is 10.1. The van der Waals surface area contributed by atoms with Gasteiger partial charge in [-0.3, -0.25) is 19.3 Å². The highest BCUT2D eigenvalue weighted by Gasteiger charge is 2.36. The van der Waals surface area contributed by atoms with Crippen LogP contribution < -0.4 is 10.1 Å². The van der Waals surface area contributed by atoms with Crippen molar-refractivity contribution in [2.24, 2.45) is 0 Å². The molecule has 1 fully saturated rings. The highest BCUT2D eigenvalue weighted by Crippen LogP contribution is 2.34. The van der Waals surface area contributed by atoms with E-state index in [1.54, 1.807) is 24.3 Å². The van der Waals surface area contributed by atoms with Crippen LogP contribution >= 0.6 is 11.8 Å². The van der Waals surface area contributed by atoms with E-state index in [-0.39, 0.29) is 11.5 Å². The van der Waals surface area contributed by atoms with Gasteiger partial charge in [-0.2, -0.15) is 0 Å². The largest absolute Gasteiger partial charge is 0.488 e. The van der Waals surface area contributed by atoms with E-state index in [2.05, 4.69) is 0 Å². The van der Waals surface area contributed by atoms with Gasteiger partial charge in [-0.1, -0.05) is 54.6 Å². The summed E-state index contributed by atoms with van der Waals surface area (Å²) in [4.78, 5) is 38.5. The zero-order valence-corrected chi connectivity index (χ0v) is 20.9. The number of hydrogen-bond acceptors (Lipinski definition) is 5. The molecular formula is C29H19F3N2O4S. The van der Waals surface area contributed by atoms with Crippen LogP contribution in [-0.2, 0) is 16.2 Å². The minimum Gasteiger partial charge on any atom is -0.488 e. The molecule has 196 valence electrons. The summed E-state index contributed by atoms with van der Waals surface area (Å²) in [6.07, 6.45) is 1.49. The maximum atomic E-state index is 13.9. The van der Waals surface area contributed by atoms with Crippen LogP contribution in [0.5, 0.6) is 5.75 Å². The van der Waals surface area contributed by atoms with Crippen LogP contribution in [0, 0.1) is 17.5 Å². The van der Waals surface area contributed by atoms with Gasteiger partial charge in [0.1, 0.15) is 18.9 Å². The number of para-hydroxylation sites is 1. The van der Waals surface area contributed by atoms with Crippen LogP contribution in [0.15, 0.2) is 83.8 Å². The smallest absolute Gasteiger partial charge is 0.294 e. The third-order valence-electron chi connectivity index (χ3n) is 5.90. The Hall–Kier alpha value is -4.57. The second-order valence-corrected chi connectivity index (χ2v) is 9.54. The van der Waals surface area contributed by atoms with Gasteiger partial charge in [0.05, 0.1) is 10.6 Å². The van der Waals surface area contributed by atoms with E-state index in [0.717, 1.165) is 22.4 Å². The van der Waals surface area contributed by atoms with E-state index in [0.29, 0.717) is 34.0 Å². The van der Waals surface area contributed by atoms with Crippen molar-refractivity contribution in [1.82, 2.24) is 4.90 Å². The summed E-state index contributed by atoms with van der Waals surface area (Å²) in [5, 5.41) is 3.53. The molecule has 1 N–H and O–H groups in total. The number of fused-ring (bicyclic) bond motifs is 1. The first-order valence-electron chi connectivity index (χ1n) is 11.7. The van der Waals surface area contributed by atoms with Crippen molar-refractivity contribution in [1.29, 1.82) is 0 Å². The van der Waals surface area contributed by atoms with E-state index < -0.39 is 46.7 Å². The third-order valence-corrected chi connectivity index (χ3v) is 6.81. The van der Waals surface area contributed by atoms with Gasteiger partial charge in [0, 0.05) is 5.56 Å². The summed E-state index contributed by atoms with van der Waals surface area (Å²) < 4.78 is 46.4. The lowest BCUT2D eigenvalue weighted by molar-refractivity contribution is -0.127. The Morgan fingerprint density at radius 1 is 0.897 bits per heavy atom.